The van der Waals surface area contributed by atoms with Crippen LogP contribution in [-0.2, 0) is 4.74 Å². The van der Waals surface area contributed by atoms with Crippen molar-refractivity contribution in [3.8, 4) is 0 Å². The highest BCUT2D eigenvalue weighted by atomic mass is 16.5. The van der Waals surface area contributed by atoms with Gasteiger partial charge in [-0.25, -0.2) is 0 Å². The van der Waals surface area contributed by atoms with Crippen LogP contribution in [0.3, 0.4) is 0 Å². The predicted octanol–water partition coefficient (Wildman–Crippen LogP) is -0.0107. The van der Waals surface area contributed by atoms with Crippen molar-refractivity contribution in [2.24, 2.45) is 5.73 Å². The van der Waals surface area contributed by atoms with Gasteiger partial charge in [-0.05, 0) is 13.0 Å². The average molecular weight is 215 g/mol. The minimum absolute atomic E-state index is 0.767. The number of nitrogens with two attached hydrogens (primary N) is 1. The summed E-state index contributed by atoms with van der Waals surface area (Å²) in [4.78, 5) is 4.93. The van der Waals surface area contributed by atoms with Gasteiger partial charge in [0.05, 0.1) is 13.2 Å². The highest BCUT2D eigenvalue weighted by Gasteiger charge is 2.11. The first-order valence-electron chi connectivity index (χ1n) is 6.09. The molecule has 90 valence electrons. The van der Waals surface area contributed by atoms with Crippen LogP contribution in [0.15, 0.2) is 0 Å². The SMILES string of the molecule is CCCN(CCN)CCN1CCOCC1. The zero-order valence-corrected chi connectivity index (χ0v) is 9.95. The maximum Gasteiger partial charge on any atom is 0.0594 e. The summed E-state index contributed by atoms with van der Waals surface area (Å²) in [5, 5.41) is 0. The lowest BCUT2D eigenvalue weighted by atomic mass is 10.3. The van der Waals surface area contributed by atoms with Crippen LogP contribution in [0.1, 0.15) is 13.3 Å². The molecule has 4 heteroatoms. The first-order chi connectivity index (χ1) is 7.36. The third kappa shape index (κ3) is 5.47. The number of morpholine rings is 1. The van der Waals surface area contributed by atoms with Crippen LogP contribution in [0.25, 0.3) is 0 Å². The molecule has 0 aromatic carbocycles. The summed E-state index contributed by atoms with van der Waals surface area (Å²) in [6.45, 7) is 11.4. The second-order valence-electron chi connectivity index (χ2n) is 4.08. The third-order valence-corrected chi connectivity index (χ3v) is 2.82. The van der Waals surface area contributed by atoms with Crippen LogP contribution >= 0.6 is 0 Å². The molecule has 1 rings (SSSR count). The summed E-state index contributed by atoms with van der Waals surface area (Å²) in [6, 6.07) is 0. The van der Waals surface area contributed by atoms with Gasteiger partial charge in [-0.2, -0.15) is 0 Å². The molecule has 0 aromatic rings. The Morgan fingerprint density at radius 2 is 1.93 bits per heavy atom. The van der Waals surface area contributed by atoms with Gasteiger partial charge < -0.3 is 15.4 Å². The van der Waals surface area contributed by atoms with Crippen LogP contribution in [0.5, 0.6) is 0 Å². The molecular weight excluding hydrogens is 190 g/mol. The van der Waals surface area contributed by atoms with Crippen molar-refractivity contribution in [3.05, 3.63) is 0 Å². The third-order valence-electron chi connectivity index (χ3n) is 2.82. The van der Waals surface area contributed by atoms with Crippen molar-refractivity contribution in [2.75, 3.05) is 59.0 Å². The summed E-state index contributed by atoms with van der Waals surface area (Å²) in [7, 11) is 0. The van der Waals surface area contributed by atoms with E-state index in [4.69, 9.17) is 10.5 Å². The lowest BCUT2D eigenvalue weighted by Gasteiger charge is -2.29. The Bertz CT molecular complexity index is 143. The van der Waals surface area contributed by atoms with Crippen molar-refractivity contribution >= 4 is 0 Å². The van der Waals surface area contributed by atoms with Crippen molar-refractivity contribution in [1.82, 2.24) is 9.80 Å². The molecule has 0 saturated carbocycles. The molecule has 1 aliphatic rings. The molecule has 15 heavy (non-hydrogen) atoms. The summed E-state index contributed by atoms with van der Waals surface area (Å²) in [5.74, 6) is 0. The molecular formula is C11H25N3O. The molecule has 0 aromatic heterocycles. The van der Waals surface area contributed by atoms with E-state index in [0.717, 1.165) is 52.5 Å². The zero-order valence-electron chi connectivity index (χ0n) is 9.95. The van der Waals surface area contributed by atoms with Gasteiger partial charge >= 0.3 is 0 Å². The lowest BCUT2D eigenvalue weighted by molar-refractivity contribution is 0.0335. The Morgan fingerprint density at radius 1 is 1.20 bits per heavy atom. The standard InChI is InChI=1S/C11H25N3O/c1-2-4-13(5-3-12)6-7-14-8-10-15-11-9-14/h2-12H2,1H3. The topological polar surface area (TPSA) is 41.7 Å². The van der Waals surface area contributed by atoms with E-state index in [1.54, 1.807) is 0 Å². The molecule has 0 amide bonds. The van der Waals surface area contributed by atoms with Gasteiger partial charge in [-0.15, -0.1) is 0 Å². The first kappa shape index (κ1) is 12.9. The Balaban J connectivity index is 2.13. The smallest absolute Gasteiger partial charge is 0.0594 e. The maximum absolute atomic E-state index is 5.59. The van der Waals surface area contributed by atoms with Crippen LogP contribution in [-0.4, -0.2) is 68.8 Å². The van der Waals surface area contributed by atoms with Gasteiger partial charge in [0.15, 0.2) is 0 Å². The summed E-state index contributed by atoms with van der Waals surface area (Å²) in [5.41, 5.74) is 5.59. The molecule has 0 unspecified atom stereocenters. The van der Waals surface area contributed by atoms with Gasteiger partial charge in [0, 0.05) is 39.3 Å². The van der Waals surface area contributed by atoms with E-state index < -0.39 is 0 Å². The second-order valence-corrected chi connectivity index (χ2v) is 4.08. The Labute approximate surface area is 93.4 Å². The highest BCUT2D eigenvalue weighted by Crippen LogP contribution is 1.98. The zero-order chi connectivity index (χ0) is 10.9. The molecule has 0 spiro atoms. The van der Waals surface area contributed by atoms with Crippen molar-refractivity contribution in [2.45, 2.75) is 13.3 Å². The first-order valence-corrected chi connectivity index (χ1v) is 6.09. The minimum atomic E-state index is 0.767. The lowest BCUT2D eigenvalue weighted by Crippen LogP contribution is -2.42. The molecule has 1 saturated heterocycles. The Hall–Kier alpha value is -0.160. The molecule has 1 heterocycles. The number of ether oxygens (including phenoxy) is 1. The van der Waals surface area contributed by atoms with Crippen LogP contribution in [0.4, 0.5) is 0 Å². The number of rotatable bonds is 7. The fourth-order valence-corrected chi connectivity index (χ4v) is 1.94. The number of hydrogen-bond donors (Lipinski definition) is 1. The quantitative estimate of drug-likeness (QED) is 0.648. The molecule has 0 radical (unpaired) electrons. The fourth-order valence-electron chi connectivity index (χ4n) is 1.94. The van der Waals surface area contributed by atoms with Gasteiger partial charge in [0.2, 0.25) is 0 Å². The molecule has 0 atom stereocenters. The van der Waals surface area contributed by atoms with E-state index in [2.05, 4.69) is 16.7 Å². The molecule has 2 N–H and O–H groups in total. The minimum Gasteiger partial charge on any atom is -0.379 e. The van der Waals surface area contributed by atoms with E-state index in [1.807, 2.05) is 0 Å². The normalized spacial score (nSPS) is 18.6. The summed E-state index contributed by atoms with van der Waals surface area (Å²) >= 11 is 0. The number of nitrogens with zero attached hydrogens (tertiary/aromatic N) is 2. The van der Waals surface area contributed by atoms with E-state index in [1.165, 1.54) is 13.0 Å². The van der Waals surface area contributed by atoms with Crippen molar-refractivity contribution in [3.63, 3.8) is 0 Å². The second kappa shape index (κ2) is 8.05. The highest BCUT2D eigenvalue weighted by molar-refractivity contribution is 4.65. The van der Waals surface area contributed by atoms with Gasteiger partial charge in [-0.3, -0.25) is 4.90 Å². The number of hydrogen-bond acceptors (Lipinski definition) is 4. The molecule has 0 bridgehead atoms. The Morgan fingerprint density at radius 3 is 2.53 bits per heavy atom. The largest absolute Gasteiger partial charge is 0.379 e. The predicted molar refractivity (Wildman–Crippen MR) is 63.0 cm³/mol. The van der Waals surface area contributed by atoms with Crippen molar-refractivity contribution in [1.29, 1.82) is 0 Å². The van der Waals surface area contributed by atoms with Gasteiger partial charge in [0.25, 0.3) is 0 Å². The van der Waals surface area contributed by atoms with Gasteiger partial charge in [-0.1, -0.05) is 6.92 Å². The van der Waals surface area contributed by atoms with Crippen LogP contribution in [0.2, 0.25) is 0 Å². The molecule has 0 aliphatic carbocycles. The van der Waals surface area contributed by atoms with Gasteiger partial charge in [0.1, 0.15) is 0 Å². The van der Waals surface area contributed by atoms with E-state index in [-0.39, 0.29) is 0 Å². The van der Waals surface area contributed by atoms with Crippen molar-refractivity contribution < 1.29 is 4.74 Å². The Kier molecular flexibility index (Phi) is 6.92. The maximum atomic E-state index is 5.59. The van der Waals surface area contributed by atoms with E-state index in [0.29, 0.717) is 0 Å². The molecule has 1 fully saturated rings. The molecule has 1 aliphatic heterocycles. The summed E-state index contributed by atoms with van der Waals surface area (Å²) in [6.07, 6.45) is 1.21. The van der Waals surface area contributed by atoms with E-state index in [9.17, 15) is 0 Å². The van der Waals surface area contributed by atoms with E-state index >= 15 is 0 Å². The molecule has 4 nitrogen and oxygen atoms in total. The monoisotopic (exact) mass is 215 g/mol. The average Bonchev–Trinajstić information content (AvgIpc) is 2.28. The fraction of sp³-hybridized carbons (Fsp3) is 1.00. The van der Waals surface area contributed by atoms with Crippen LogP contribution in [0, 0.1) is 0 Å². The van der Waals surface area contributed by atoms with Crippen LogP contribution < -0.4 is 5.73 Å². The summed E-state index contributed by atoms with van der Waals surface area (Å²) < 4.78 is 5.33.